The number of fused-ring (bicyclic) bond motifs is 3. The fourth-order valence-electron chi connectivity index (χ4n) is 6.87. The highest BCUT2D eigenvalue weighted by Crippen LogP contribution is 2.66. The Balaban J connectivity index is 1.63. The van der Waals surface area contributed by atoms with Gasteiger partial charge in [-0.05, 0) is 117 Å². The lowest BCUT2D eigenvalue weighted by Crippen LogP contribution is -2.56. The van der Waals surface area contributed by atoms with E-state index >= 15 is 0 Å². The highest BCUT2D eigenvalue weighted by atomic mass is 127. The first kappa shape index (κ1) is 20.9. The Morgan fingerprint density at radius 3 is 2.64 bits per heavy atom. The fourth-order valence-corrected chi connectivity index (χ4v) is 7.74. The monoisotopic (exact) mass is 497 g/mol. The van der Waals surface area contributed by atoms with Gasteiger partial charge < -0.3 is 4.74 Å². The molecule has 0 radical (unpaired) electrons. The van der Waals surface area contributed by atoms with E-state index in [-0.39, 0.29) is 11.4 Å². The van der Waals surface area contributed by atoms with E-state index in [0.29, 0.717) is 12.3 Å². The number of nitrogens with zero attached hydrogens (tertiary/aromatic N) is 1. The first-order valence-electron chi connectivity index (χ1n) is 11.4. The van der Waals surface area contributed by atoms with E-state index in [4.69, 9.17) is 4.74 Å². The van der Waals surface area contributed by atoms with Crippen LogP contribution in [0, 0.1) is 35.0 Å². The highest BCUT2D eigenvalue weighted by molar-refractivity contribution is 14.1. The van der Waals surface area contributed by atoms with Crippen LogP contribution in [-0.2, 0) is 9.53 Å². The van der Waals surface area contributed by atoms with Crippen LogP contribution in [0.4, 0.5) is 0 Å². The van der Waals surface area contributed by atoms with Crippen molar-refractivity contribution >= 4 is 34.3 Å². The van der Waals surface area contributed by atoms with Crippen LogP contribution in [0.1, 0.15) is 78.6 Å². The van der Waals surface area contributed by atoms with Crippen LogP contribution in [0.15, 0.2) is 16.6 Å². The van der Waals surface area contributed by atoms with Gasteiger partial charge in [0.15, 0.2) is 3.61 Å². The number of allylic oxidation sites excluding steroid dienone is 2. The second-order valence-electron chi connectivity index (χ2n) is 10.0. The van der Waals surface area contributed by atoms with Crippen LogP contribution in [0.5, 0.6) is 0 Å². The van der Waals surface area contributed by atoms with E-state index in [9.17, 15) is 4.79 Å². The summed E-state index contributed by atoms with van der Waals surface area (Å²) in [6, 6.07) is 0. The molecular formula is C24H36INO2. The molecule has 3 nitrogen and oxygen atoms in total. The molecule has 0 spiro atoms. The molecule has 156 valence electrons. The molecule has 3 saturated carbocycles. The molecule has 0 amide bonds. The Bertz CT molecular complexity index is 693. The summed E-state index contributed by atoms with van der Waals surface area (Å²) in [4.78, 5) is 16.7. The van der Waals surface area contributed by atoms with Crippen LogP contribution >= 0.6 is 22.6 Å². The Labute approximate surface area is 184 Å². The summed E-state index contributed by atoms with van der Waals surface area (Å²) >= 11 is 2.46. The van der Waals surface area contributed by atoms with E-state index in [1.165, 1.54) is 50.7 Å². The van der Waals surface area contributed by atoms with E-state index in [0.717, 1.165) is 30.1 Å². The largest absolute Gasteiger partial charge is 0.448 e. The van der Waals surface area contributed by atoms with Crippen molar-refractivity contribution in [2.45, 2.75) is 82.2 Å². The van der Waals surface area contributed by atoms with Gasteiger partial charge in [-0.2, -0.15) is 0 Å². The second-order valence-corrected chi connectivity index (χ2v) is 12.1. The predicted octanol–water partition coefficient (Wildman–Crippen LogP) is 6.35. The molecule has 0 aliphatic heterocycles. The Morgan fingerprint density at radius 2 is 2.00 bits per heavy atom. The molecule has 0 N–H and O–H groups in total. The number of hydrogen-bond acceptors (Lipinski definition) is 3. The second kappa shape index (κ2) is 7.70. The van der Waals surface area contributed by atoms with E-state index in [1.807, 2.05) is 14.0 Å². The van der Waals surface area contributed by atoms with Crippen molar-refractivity contribution in [1.29, 1.82) is 0 Å². The van der Waals surface area contributed by atoms with Gasteiger partial charge in [0.25, 0.3) is 0 Å². The Hall–Kier alpha value is -0.390. The molecule has 0 aromatic rings. The molecule has 0 bridgehead atoms. The topological polar surface area (TPSA) is 38.7 Å². The van der Waals surface area contributed by atoms with Gasteiger partial charge in [0, 0.05) is 24.6 Å². The maximum Gasteiger partial charge on any atom is 0.306 e. The fraction of sp³-hybridized carbons (Fsp3) is 0.833. The lowest BCUT2D eigenvalue weighted by Gasteiger charge is -2.58. The Kier molecular flexibility index (Phi) is 5.74. The Morgan fingerprint density at radius 1 is 1.25 bits per heavy atom. The van der Waals surface area contributed by atoms with E-state index in [2.05, 4.69) is 47.5 Å². The third-order valence-corrected chi connectivity index (χ3v) is 10.1. The number of hydrogen-bond donors (Lipinski definition) is 0. The first-order chi connectivity index (χ1) is 13.3. The lowest BCUT2D eigenvalue weighted by molar-refractivity contribution is -0.168. The van der Waals surface area contributed by atoms with E-state index < -0.39 is 3.61 Å². The van der Waals surface area contributed by atoms with Crippen LogP contribution in [0.2, 0.25) is 0 Å². The molecule has 5 unspecified atom stereocenters. The molecule has 28 heavy (non-hydrogen) atoms. The minimum Gasteiger partial charge on any atom is -0.448 e. The summed E-state index contributed by atoms with van der Waals surface area (Å²) in [6.45, 7) is 6.52. The van der Waals surface area contributed by atoms with Crippen LogP contribution < -0.4 is 0 Å². The first-order valence-corrected chi connectivity index (χ1v) is 12.5. The molecule has 4 aliphatic carbocycles. The average molecular weight is 497 g/mol. The van der Waals surface area contributed by atoms with Gasteiger partial charge in [-0.15, -0.1) is 0 Å². The number of esters is 1. The van der Waals surface area contributed by atoms with Crippen LogP contribution in [0.3, 0.4) is 0 Å². The molecule has 6 atom stereocenters. The number of alkyl halides is 1. The van der Waals surface area contributed by atoms with Crippen molar-refractivity contribution < 1.29 is 9.53 Å². The van der Waals surface area contributed by atoms with Crippen LogP contribution in [-0.4, -0.2) is 22.3 Å². The average Bonchev–Trinajstić information content (AvgIpc) is 3.51. The normalized spacial score (nSPS) is 41.5. The molecule has 4 rings (SSSR count). The number of carbonyl (C=O) groups excluding carboxylic acids is 1. The van der Waals surface area contributed by atoms with Gasteiger partial charge in [0.05, 0.1) is 0 Å². The summed E-state index contributed by atoms with van der Waals surface area (Å²) in [6.07, 6.45) is 13.1. The van der Waals surface area contributed by atoms with Crippen molar-refractivity contribution in [1.82, 2.24) is 0 Å². The summed E-state index contributed by atoms with van der Waals surface area (Å²) < 4.78 is 5.66. The van der Waals surface area contributed by atoms with Crippen molar-refractivity contribution in [3.63, 3.8) is 0 Å². The van der Waals surface area contributed by atoms with Crippen molar-refractivity contribution in [2.75, 3.05) is 7.05 Å². The number of halogens is 1. The molecule has 0 heterocycles. The van der Waals surface area contributed by atoms with Gasteiger partial charge in [-0.1, -0.05) is 19.4 Å². The highest BCUT2D eigenvalue weighted by Gasteiger charge is 2.61. The third kappa shape index (κ3) is 3.50. The molecule has 0 aromatic heterocycles. The summed E-state index contributed by atoms with van der Waals surface area (Å²) in [5.41, 5.74) is 3.06. The van der Waals surface area contributed by atoms with Crippen molar-refractivity contribution in [3.8, 4) is 0 Å². The summed E-state index contributed by atoms with van der Waals surface area (Å²) in [5.74, 6) is 3.87. The number of carbonyl (C=O) groups is 1. The van der Waals surface area contributed by atoms with Gasteiger partial charge in [0.2, 0.25) is 0 Å². The number of aliphatic imine (C=N–C) groups is 1. The maximum absolute atomic E-state index is 12.2. The quantitative estimate of drug-likeness (QED) is 0.258. The minimum atomic E-state index is -0.416. The van der Waals surface area contributed by atoms with Gasteiger partial charge in [-0.25, -0.2) is 0 Å². The van der Waals surface area contributed by atoms with Crippen molar-refractivity contribution in [2.24, 2.45) is 40.0 Å². The maximum atomic E-state index is 12.2. The SMILES string of the molecule is CCC(=O)O[C@](C)(I)C1(C)CCC2C3CC/C(=N\C)C=C3CCC2C1C1CC1. The molecule has 0 aromatic carbocycles. The zero-order valence-electron chi connectivity index (χ0n) is 18.0. The van der Waals surface area contributed by atoms with Gasteiger partial charge in [0.1, 0.15) is 0 Å². The van der Waals surface area contributed by atoms with Gasteiger partial charge in [-0.3, -0.25) is 9.79 Å². The van der Waals surface area contributed by atoms with Crippen LogP contribution in [0.25, 0.3) is 0 Å². The molecular weight excluding hydrogens is 461 g/mol. The number of rotatable bonds is 4. The molecule has 4 heteroatoms. The zero-order valence-corrected chi connectivity index (χ0v) is 20.1. The van der Waals surface area contributed by atoms with Gasteiger partial charge >= 0.3 is 5.97 Å². The van der Waals surface area contributed by atoms with E-state index in [1.54, 1.807) is 5.57 Å². The number of ether oxygens (including phenoxy) is 1. The third-order valence-electron chi connectivity index (χ3n) is 8.60. The molecule has 3 fully saturated rings. The van der Waals surface area contributed by atoms with Crippen molar-refractivity contribution in [3.05, 3.63) is 11.6 Å². The lowest BCUT2D eigenvalue weighted by atomic mass is 9.49. The summed E-state index contributed by atoms with van der Waals surface area (Å²) in [7, 11) is 1.94. The molecule has 0 saturated heterocycles. The smallest absolute Gasteiger partial charge is 0.306 e. The summed E-state index contributed by atoms with van der Waals surface area (Å²) in [5, 5.41) is 0. The minimum absolute atomic E-state index is 0.0534. The molecule has 4 aliphatic rings. The standard InChI is InChI=1S/C24H36INO2/c1-5-21(27)28-24(3,25)23(2)13-12-19-18-11-9-17(26-4)14-16(18)8-10-20(19)22(23)15-6-7-15/h14-15,18-20,22H,5-13H2,1-4H3/b26-17+/t18?,19?,20?,22?,23?,24-/m0/s1. The predicted molar refractivity (Wildman–Crippen MR) is 123 cm³/mol. The zero-order chi connectivity index (χ0) is 20.1.